The molecular weight excluding hydrogens is 190 g/mol. The Labute approximate surface area is 86.5 Å². The predicted octanol–water partition coefficient (Wildman–Crippen LogP) is 1.11. The minimum Gasteiger partial charge on any atom is -0.258 e. The Morgan fingerprint density at radius 1 is 1.07 bits per heavy atom. The molecule has 0 aliphatic heterocycles. The first-order valence-electron chi connectivity index (χ1n) is 4.31. The molecule has 0 bridgehead atoms. The van der Waals surface area contributed by atoms with Gasteiger partial charge in [-0.2, -0.15) is 5.26 Å². The summed E-state index contributed by atoms with van der Waals surface area (Å²) in [6.07, 6.45) is 4.62. The van der Waals surface area contributed by atoms with Gasteiger partial charge in [-0.3, -0.25) is 9.97 Å². The number of aromatic nitrogens is 4. The van der Waals surface area contributed by atoms with E-state index in [1.807, 2.05) is 13.0 Å². The Morgan fingerprint density at radius 2 is 1.93 bits per heavy atom. The molecule has 2 heterocycles. The summed E-state index contributed by atoms with van der Waals surface area (Å²) in [5.41, 5.74) is 2.41. The van der Waals surface area contributed by atoms with Crippen molar-refractivity contribution in [3.63, 3.8) is 0 Å². The maximum atomic E-state index is 8.68. The zero-order chi connectivity index (χ0) is 10.7. The third-order valence-corrected chi connectivity index (χ3v) is 1.82. The maximum absolute atomic E-state index is 8.68. The van der Waals surface area contributed by atoms with Gasteiger partial charge < -0.3 is 0 Å². The third kappa shape index (κ3) is 1.94. The molecule has 5 heteroatoms. The smallest absolute Gasteiger partial charge is 0.144 e. The number of nitriles is 1. The molecule has 15 heavy (non-hydrogen) atoms. The number of nitrogens with zero attached hydrogens (tertiary/aromatic N) is 5. The van der Waals surface area contributed by atoms with Gasteiger partial charge in [0.2, 0.25) is 0 Å². The summed E-state index contributed by atoms with van der Waals surface area (Å²) in [4.78, 5) is 16.1. The number of hydrogen-bond donors (Lipinski definition) is 0. The third-order valence-electron chi connectivity index (χ3n) is 1.82. The molecule has 2 aromatic rings. The molecule has 0 spiro atoms. The molecule has 0 saturated carbocycles. The first-order valence-corrected chi connectivity index (χ1v) is 4.31. The molecule has 0 amide bonds. The number of hydrogen-bond acceptors (Lipinski definition) is 5. The van der Waals surface area contributed by atoms with Crippen LogP contribution < -0.4 is 0 Å². The Morgan fingerprint density at radius 3 is 2.60 bits per heavy atom. The van der Waals surface area contributed by atoms with Gasteiger partial charge >= 0.3 is 0 Å². The predicted molar refractivity (Wildman–Crippen MR) is 52.5 cm³/mol. The highest BCUT2D eigenvalue weighted by Gasteiger charge is 2.02. The quantitative estimate of drug-likeness (QED) is 0.684. The van der Waals surface area contributed by atoms with Gasteiger partial charge in [-0.25, -0.2) is 9.97 Å². The van der Waals surface area contributed by atoms with Crippen molar-refractivity contribution < 1.29 is 0 Å². The molecule has 2 aromatic heterocycles. The molecule has 0 aliphatic carbocycles. The first-order chi connectivity index (χ1) is 7.29. The van der Waals surface area contributed by atoms with Gasteiger partial charge in [0.15, 0.2) is 0 Å². The molecule has 72 valence electrons. The van der Waals surface area contributed by atoms with E-state index in [0.29, 0.717) is 17.1 Å². The van der Waals surface area contributed by atoms with Gasteiger partial charge in [-0.1, -0.05) is 0 Å². The summed E-state index contributed by atoms with van der Waals surface area (Å²) in [6.45, 7) is 1.86. The fourth-order valence-corrected chi connectivity index (χ4v) is 1.08. The SMILES string of the molecule is Cc1cnc(-c2cc(C#N)ncn2)cn1. The summed E-state index contributed by atoms with van der Waals surface area (Å²) in [6, 6.07) is 3.53. The van der Waals surface area contributed by atoms with Gasteiger partial charge in [0.25, 0.3) is 0 Å². The second kappa shape index (κ2) is 3.80. The zero-order valence-corrected chi connectivity index (χ0v) is 8.05. The molecule has 0 N–H and O–H groups in total. The van der Waals surface area contributed by atoms with E-state index in [2.05, 4.69) is 19.9 Å². The van der Waals surface area contributed by atoms with Crippen molar-refractivity contribution in [3.8, 4) is 17.5 Å². The Kier molecular flexibility index (Phi) is 2.33. The maximum Gasteiger partial charge on any atom is 0.144 e. The van der Waals surface area contributed by atoms with E-state index in [4.69, 9.17) is 5.26 Å². The average Bonchev–Trinajstić information content (AvgIpc) is 2.30. The molecule has 2 rings (SSSR count). The fourth-order valence-electron chi connectivity index (χ4n) is 1.08. The normalized spacial score (nSPS) is 9.60. The Balaban J connectivity index is 2.46. The number of aryl methyl sites for hydroxylation is 1. The molecule has 0 radical (unpaired) electrons. The Bertz CT molecular complexity index is 512. The van der Waals surface area contributed by atoms with E-state index in [9.17, 15) is 0 Å². The monoisotopic (exact) mass is 197 g/mol. The van der Waals surface area contributed by atoms with Crippen molar-refractivity contribution in [3.05, 3.63) is 36.2 Å². The van der Waals surface area contributed by atoms with Gasteiger partial charge in [0, 0.05) is 12.3 Å². The van der Waals surface area contributed by atoms with E-state index >= 15 is 0 Å². The van der Waals surface area contributed by atoms with E-state index in [1.165, 1.54) is 6.33 Å². The Hall–Kier alpha value is -2.35. The van der Waals surface area contributed by atoms with Crippen molar-refractivity contribution in [2.24, 2.45) is 0 Å². The summed E-state index contributed by atoms with van der Waals surface area (Å²) < 4.78 is 0. The van der Waals surface area contributed by atoms with Gasteiger partial charge in [0.1, 0.15) is 23.8 Å². The van der Waals surface area contributed by atoms with Crippen molar-refractivity contribution in [1.29, 1.82) is 5.26 Å². The standard InChI is InChI=1S/C10H7N5/c1-7-4-13-10(5-12-7)9-2-8(3-11)14-6-15-9/h2,4-6H,1H3. The van der Waals surface area contributed by atoms with E-state index in [0.717, 1.165) is 5.69 Å². The van der Waals surface area contributed by atoms with Crippen LogP contribution in [0, 0.1) is 18.3 Å². The molecule has 0 atom stereocenters. The van der Waals surface area contributed by atoms with Crippen molar-refractivity contribution in [1.82, 2.24) is 19.9 Å². The fraction of sp³-hybridized carbons (Fsp3) is 0.100. The second-order valence-corrected chi connectivity index (χ2v) is 2.94. The van der Waals surface area contributed by atoms with Crippen LogP contribution in [0.1, 0.15) is 11.4 Å². The second-order valence-electron chi connectivity index (χ2n) is 2.94. The van der Waals surface area contributed by atoms with Crippen LogP contribution in [0.15, 0.2) is 24.8 Å². The molecule has 0 aliphatic rings. The van der Waals surface area contributed by atoms with Crippen LogP contribution in [0.4, 0.5) is 0 Å². The number of rotatable bonds is 1. The van der Waals surface area contributed by atoms with E-state index in [-0.39, 0.29) is 0 Å². The summed E-state index contributed by atoms with van der Waals surface area (Å²) in [5, 5.41) is 8.68. The van der Waals surface area contributed by atoms with Crippen LogP contribution in [-0.4, -0.2) is 19.9 Å². The van der Waals surface area contributed by atoms with Crippen molar-refractivity contribution in [2.75, 3.05) is 0 Å². The van der Waals surface area contributed by atoms with Gasteiger partial charge in [-0.15, -0.1) is 0 Å². The summed E-state index contributed by atoms with van der Waals surface area (Å²) in [7, 11) is 0. The first kappa shape index (κ1) is 9.21. The molecule has 0 saturated heterocycles. The zero-order valence-electron chi connectivity index (χ0n) is 8.05. The lowest BCUT2D eigenvalue weighted by atomic mass is 10.2. The van der Waals surface area contributed by atoms with Crippen LogP contribution in [-0.2, 0) is 0 Å². The molecule has 0 unspecified atom stereocenters. The highest BCUT2D eigenvalue weighted by atomic mass is 14.9. The molecular formula is C10H7N5. The van der Waals surface area contributed by atoms with Crippen LogP contribution in [0.3, 0.4) is 0 Å². The van der Waals surface area contributed by atoms with E-state index < -0.39 is 0 Å². The largest absolute Gasteiger partial charge is 0.258 e. The highest BCUT2D eigenvalue weighted by Crippen LogP contribution is 2.12. The van der Waals surface area contributed by atoms with Crippen LogP contribution >= 0.6 is 0 Å². The summed E-state index contributed by atoms with van der Waals surface area (Å²) in [5.74, 6) is 0. The van der Waals surface area contributed by atoms with Gasteiger partial charge in [0.05, 0.1) is 17.6 Å². The highest BCUT2D eigenvalue weighted by molar-refractivity contribution is 5.53. The lowest BCUT2D eigenvalue weighted by Gasteiger charge is -1.98. The summed E-state index contributed by atoms with van der Waals surface area (Å²) >= 11 is 0. The van der Waals surface area contributed by atoms with E-state index in [1.54, 1.807) is 18.5 Å². The average molecular weight is 197 g/mol. The van der Waals surface area contributed by atoms with Crippen LogP contribution in [0.5, 0.6) is 0 Å². The van der Waals surface area contributed by atoms with Crippen molar-refractivity contribution in [2.45, 2.75) is 6.92 Å². The molecule has 0 fully saturated rings. The van der Waals surface area contributed by atoms with Crippen LogP contribution in [0.25, 0.3) is 11.4 Å². The molecule has 0 aromatic carbocycles. The van der Waals surface area contributed by atoms with Gasteiger partial charge in [-0.05, 0) is 6.92 Å². The van der Waals surface area contributed by atoms with Crippen LogP contribution in [0.2, 0.25) is 0 Å². The topological polar surface area (TPSA) is 75.3 Å². The lowest BCUT2D eigenvalue weighted by molar-refractivity contribution is 1.09. The molecule has 5 nitrogen and oxygen atoms in total. The van der Waals surface area contributed by atoms with Crippen molar-refractivity contribution >= 4 is 0 Å². The lowest BCUT2D eigenvalue weighted by Crippen LogP contribution is -1.92. The minimum absolute atomic E-state index is 0.322. The minimum atomic E-state index is 0.322.